The molecule has 30 heavy (non-hydrogen) atoms. The van der Waals surface area contributed by atoms with Gasteiger partial charge in [-0.15, -0.1) is 0 Å². The zero-order valence-corrected chi connectivity index (χ0v) is 15.7. The van der Waals surface area contributed by atoms with Crippen molar-refractivity contribution in [1.82, 2.24) is 9.55 Å². The highest BCUT2D eigenvalue weighted by atomic mass is 19.4. The molecule has 8 nitrogen and oxygen atoms in total. The van der Waals surface area contributed by atoms with Crippen molar-refractivity contribution >= 4 is 17.3 Å². The molecule has 1 heterocycles. The molecule has 3 rings (SSSR count). The molecule has 0 saturated heterocycles. The molecule has 0 amide bonds. The fourth-order valence-electron chi connectivity index (χ4n) is 2.80. The normalized spacial score (nSPS) is 11.2. The fraction of sp³-hybridized carbons (Fsp3) is 0.158. The first-order chi connectivity index (χ1) is 14.1. The van der Waals surface area contributed by atoms with Crippen molar-refractivity contribution < 1.29 is 27.6 Å². The molecule has 0 radical (unpaired) electrons. The van der Waals surface area contributed by atoms with Gasteiger partial charge in [0.2, 0.25) is 0 Å². The molecule has 0 aliphatic carbocycles. The molecule has 0 spiro atoms. The van der Waals surface area contributed by atoms with Gasteiger partial charge in [-0.25, -0.2) is 4.98 Å². The molecule has 0 saturated carbocycles. The molecule has 0 fully saturated rings. The van der Waals surface area contributed by atoms with E-state index < -0.39 is 22.6 Å². The maximum absolute atomic E-state index is 13.0. The standard InChI is InChI=1S/C19H15F3N4O4/c1-11(27)30-18-7-12(19(20,21)22)3-5-14(18)16-9-25(10-24-16)17-8-13(26(28)29)4-6-15(17)23-2/h3-10,23H,1-2H3. The number of esters is 1. The van der Waals surface area contributed by atoms with Crippen molar-refractivity contribution in [2.75, 3.05) is 12.4 Å². The number of nitrogens with zero attached hydrogens (tertiary/aromatic N) is 3. The predicted octanol–water partition coefficient (Wildman–Crippen LogP) is 4.43. The van der Waals surface area contributed by atoms with Crippen LogP contribution in [0.4, 0.5) is 24.5 Å². The molecule has 1 aromatic heterocycles. The quantitative estimate of drug-likeness (QED) is 0.284. The van der Waals surface area contributed by atoms with Crippen LogP contribution in [0.3, 0.4) is 0 Å². The largest absolute Gasteiger partial charge is 0.426 e. The van der Waals surface area contributed by atoms with Crippen molar-refractivity contribution in [3.8, 4) is 22.7 Å². The molecule has 1 N–H and O–H groups in total. The Hall–Kier alpha value is -3.89. The van der Waals surface area contributed by atoms with Crippen LogP contribution in [0, 0.1) is 10.1 Å². The molecule has 11 heteroatoms. The van der Waals surface area contributed by atoms with E-state index in [9.17, 15) is 28.1 Å². The Bertz CT molecular complexity index is 1130. The zero-order valence-electron chi connectivity index (χ0n) is 15.7. The van der Waals surface area contributed by atoms with E-state index in [1.54, 1.807) is 7.05 Å². The Labute approximate surface area is 168 Å². The van der Waals surface area contributed by atoms with Crippen molar-refractivity contribution in [2.45, 2.75) is 13.1 Å². The van der Waals surface area contributed by atoms with Crippen LogP contribution in [0.15, 0.2) is 48.9 Å². The molecule has 0 atom stereocenters. The zero-order chi connectivity index (χ0) is 22.1. The van der Waals surface area contributed by atoms with Gasteiger partial charge in [0.05, 0.1) is 33.9 Å². The summed E-state index contributed by atoms with van der Waals surface area (Å²) in [5.41, 5.74) is 0.234. The lowest BCUT2D eigenvalue weighted by molar-refractivity contribution is -0.384. The number of aromatic nitrogens is 2. The number of ether oxygens (including phenoxy) is 1. The molecule has 2 aromatic carbocycles. The Morgan fingerprint density at radius 2 is 1.97 bits per heavy atom. The highest BCUT2D eigenvalue weighted by Crippen LogP contribution is 2.37. The minimum atomic E-state index is -4.61. The first kappa shape index (κ1) is 20.8. The topological polar surface area (TPSA) is 99.3 Å². The monoisotopic (exact) mass is 420 g/mol. The van der Waals surface area contributed by atoms with E-state index >= 15 is 0 Å². The summed E-state index contributed by atoms with van der Waals surface area (Å²) >= 11 is 0. The molecule has 3 aromatic rings. The number of carbonyl (C=O) groups is 1. The number of rotatable bonds is 5. The summed E-state index contributed by atoms with van der Waals surface area (Å²) in [6, 6.07) is 6.92. The summed E-state index contributed by atoms with van der Waals surface area (Å²) in [6.07, 6.45) is -1.79. The average Bonchev–Trinajstić information content (AvgIpc) is 3.16. The van der Waals surface area contributed by atoms with Crippen LogP contribution >= 0.6 is 0 Å². The van der Waals surface area contributed by atoms with Crippen LogP contribution in [-0.2, 0) is 11.0 Å². The molecule has 156 valence electrons. The summed E-state index contributed by atoms with van der Waals surface area (Å²) in [4.78, 5) is 26.1. The van der Waals surface area contributed by atoms with E-state index in [1.165, 1.54) is 35.3 Å². The number of benzene rings is 2. The number of anilines is 1. The number of hydrogen-bond acceptors (Lipinski definition) is 6. The molecule has 0 unspecified atom stereocenters. The summed E-state index contributed by atoms with van der Waals surface area (Å²) in [5, 5.41) is 14.0. The molecule has 0 aliphatic rings. The van der Waals surface area contributed by atoms with Crippen LogP contribution in [0.2, 0.25) is 0 Å². The van der Waals surface area contributed by atoms with Crippen LogP contribution in [-0.4, -0.2) is 27.5 Å². The smallest absolute Gasteiger partial charge is 0.416 e. The third kappa shape index (κ3) is 4.24. The van der Waals surface area contributed by atoms with E-state index in [1.807, 2.05) is 0 Å². The van der Waals surface area contributed by atoms with Gasteiger partial charge in [-0.2, -0.15) is 13.2 Å². The second-order valence-electron chi connectivity index (χ2n) is 6.18. The minimum absolute atomic E-state index is 0.144. The van der Waals surface area contributed by atoms with Crippen molar-refractivity contribution in [3.05, 3.63) is 64.6 Å². The maximum atomic E-state index is 13.0. The number of nitrogens with one attached hydrogen (secondary N) is 1. The number of nitro benzene ring substituents is 1. The Morgan fingerprint density at radius 1 is 1.23 bits per heavy atom. The first-order valence-electron chi connectivity index (χ1n) is 8.50. The van der Waals surface area contributed by atoms with Crippen LogP contribution in [0.1, 0.15) is 12.5 Å². The van der Waals surface area contributed by atoms with E-state index in [0.717, 1.165) is 25.1 Å². The van der Waals surface area contributed by atoms with Crippen LogP contribution in [0.5, 0.6) is 5.75 Å². The molecule has 0 aliphatic heterocycles. The van der Waals surface area contributed by atoms with Gasteiger partial charge in [0.25, 0.3) is 5.69 Å². The van der Waals surface area contributed by atoms with Gasteiger partial charge >= 0.3 is 12.1 Å². The highest BCUT2D eigenvalue weighted by Gasteiger charge is 2.32. The van der Waals surface area contributed by atoms with Crippen molar-refractivity contribution in [1.29, 1.82) is 0 Å². The molecule has 0 bridgehead atoms. The second kappa shape index (κ2) is 7.85. The maximum Gasteiger partial charge on any atom is 0.416 e. The summed E-state index contributed by atoms with van der Waals surface area (Å²) in [6.45, 7) is 1.07. The summed E-state index contributed by atoms with van der Waals surface area (Å²) in [7, 11) is 1.64. The van der Waals surface area contributed by atoms with E-state index in [2.05, 4.69) is 10.3 Å². The number of carbonyl (C=O) groups excluding carboxylic acids is 1. The summed E-state index contributed by atoms with van der Waals surface area (Å²) in [5.74, 6) is -1.08. The second-order valence-corrected chi connectivity index (χ2v) is 6.18. The lowest BCUT2D eigenvalue weighted by Crippen LogP contribution is -2.08. The lowest BCUT2D eigenvalue weighted by Gasteiger charge is -2.12. The SMILES string of the molecule is CNc1ccc([N+](=O)[O-])cc1-n1cnc(-c2ccc(C(F)(F)F)cc2OC(C)=O)c1. The average molecular weight is 420 g/mol. The van der Waals surface area contributed by atoms with Crippen LogP contribution < -0.4 is 10.1 Å². The van der Waals surface area contributed by atoms with Gasteiger partial charge in [-0.3, -0.25) is 14.9 Å². The van der Waals surface area contributed by atoms with E-state index in [4.69, 9.17) is 4.74 Å². The predicted molar refractivity (Wildman–Crippen MR) is 102 cm³/mol. The van der Waals surface area contributed by atoms with E-state index in [-0.39, 0.29) is 22.7 Å². The van der Waals surface area contributed by atoms with Gasteiger partial charge in [0.1, 0.15) is 5.75 Å². The number of alkyl halides is 3. The number of imidazole rings is 1. The van der Waals surface area contributed by atoms with E-state index in [0.29, 0.717) is 11.4 Å². The lowest BCUT2D eigenvalue weighted by atomic mass is 10.1. The minimum Gasteiger partial charge on any atom is -0.426 e. The van der Waals surface area contributed by atoms with Gasteiger partial charge < -0.3 is 14.6 Å². The number of nitro groups is 1. The van der Waals surface area contributed by atoms with Crippen molar-refractivity contribution in [3.63, 3.8) is 0 Å². The molecular weight excluding hydrogens is 405 g/mol. The van der Waals surface area contributed by atoms with Gasteiger partial charge in [0, 0.05) is 37.9 Å². The van der Waals surface area contributed by atoms with Gasteiger partial charge in [0.15, 0.2) is 0 Å². The summed E-state index contributed by atoms with van der Waals surface area (Å²) < 4.78 is 45.5. The van der Waals surface area contributed by atoms with Crippen LogP contribution in [0.25, 0.3) is 16.9 Å². The number of non-ortho nitro benzene ring substituents is 1. The van der Waals surface area contributed by atoms with Gasteiger partial charge in [-0.1, -0.05) is 0 Å². The van der Waals surface area contributed by atoms with Gasteiger partial charge in [-0.05, 0) is 24.3 Å². The highest BCUT2D eigenvalue weighted by molar-refractivity contribution is 5.76. The Kier molecular flexibility index (Phi) is 5.45. The third-order valence-corrected chi connectivity index (χ3v) is 4.16. The Morgan fingerprint density at radius 3 is 2.57 bits per heavy atom. The van der Waals surface area contributed by atoms with Crippen molar-refractivity contribution in [2.24, 2.45) is 0 Å². The first-order valence-corrected chi connectivity index (χ1v) is 8.50. The number of hydrogen-bond donors (Lipinski definition) is 1. The Balaban J connectivity index is 2.09. The third-order valence-electron chi connectivity index (χ3n) is 4.16. The number of halogens is 3. The molecular formula is C19H15F3N4O4. The fourth-order valence-corrected chi connectivity index (χ4v) is 2.80.